The van der Waals surface area contributed by atoms with E-state index < -0.39 is 0 Å². The Bertz CT molecular complexity index is 806. The zero-order valence-corrected chi connectivity index (χ0v) is 15.5. The molecule has 0 saturated carbocycles. The fourth-order valence-corrected chi connectivity index (χ4v) is 4.03. The number of benzene rings is 1. The van der Waals surface area contributed by atoms with Crippen LogP contribution in [0, 0.1) is 0 Å². The van der Waals surface area contributed by atoms with E-state index in [0.717, 1.165) is 5.75 Å². The van der Waals surface area contributed by atoms with Crippen LogP contribution in [0.1, 0.15) is 0 Å². The molecule has 2 heterocycles. The number of hydrogen-bond donors (Lipinski definition) is 2. The molecule has 25 heavy (non-hydrogen) atoms. The van der Waals surface area contributed by atoms with Crippen LogP contribution in [0.2, 0.25) is 0 Å². The first-order valence-electron chi connectivity index (χ1n) is 7.04. The van der Waals surface area contributed by atoms with Crippen LogP contribution in [0.3, 0.4) is 0 Å². The molecule has 11 heteroatoms. The van der Waals surface area contributed by atoms with Crippen LogP contribution in [0.5, 0.6) is 5.75 Å². The van der Waals surface area contributed by atoms with Gasteiger partial charge in [-0.2, -0.15) is 4.99 Å². The minimum atomic E-state index is -0.142. The molecule has 2 amide bonds. The topological polar surface area (TPSA) is 106 Å². The van der Waals surface area contributed by atoms with E-state index in [1.165, 1.54) is 34.9 Å². The predicted molar refractivity (Wildman–Crippen MR) is 100.0 cm³/mol. The lowest BCUT2D eigenvalue weighted by Gasteiger charge is -2.05. The minimum Gasteiger partial charge on any atom is -0.497 e. The van der Waals surface area contributed by atoms with Gasteiger partial charge in [0, 0.05) is 5.69 Å². The monoisotopic (exact) mass is 395 g/mol. The number of nitrogens with zero attached hydrogens (tertiary/aromatic N) is 3. The number of aromatic nitrogens is 2. The van der Waals surface area contributed by atoms with Crippen molar-refractivity contribution in [1.29, 1.82) is 0 Å². The smallest absolute Gasteiger partial charge is 0.236 e. The van der Waals surface area contributed by atoms with Crippen LogP contribution in [0.15, 0.2) is 33.6 Å². The van der Waals surface area contributed by atoms with Gasteiger partial charge in [0.05, 0.1) is 18.6 Å². The van der Waals surface area contributed by atoms with Crippen LogP contribution in [-0.4, -0.2) is 45.8 Å². The number of carbonyl (C=O) groups is 2. The zero-order chi connectivity index (χ0) is 17.6. The van der Waals surface area contributed by atoms with Gasteiger partial charge in [0.25, 0.3) is 0 Å². The molecule has 8 nitrogen and oxygen atoms in total. The first kappa shape index (κ1) is 17.7. The first-order chi connectivity index (χ1) is 12.1. The van der Waals surface area contributed by atoms with Crippen molar-refractivity contribution in [2.75, 3.05) is 23.9 Å². The molecule has 1 aliphatic heterocycles. The average molecular weight is 395 g/mol. The maximum atomic E-state index is 12.0. The summed E-state index contributed by atoms with van der Waals surface area (Å²) in [6.45, 7) is 0. The summed E-state index contributed by atoms with van der Waals surface area (Å²) in [4.78, 5) is 27.3. The highest BCUT2D eigenvalue weighted by atomic mass is 32.2. The molecule has 0 spiro atoms. The Hall–Kier alpha value is -2.11. The van der Waals surface area contributed by atoms with Crippen LogP contribution in [-0.2, 0) is 9.59 Å². The second-order valence-corrected chi connectivity index (χ2v) is 7.81. The number of hydrogen-bond acceptors (Lipinski definition) is 9. The molecule has 2 N–H and O–H groups in total. The SMILES string of the molecule is COc1ccc(NC(=O)CSc2nnc(/N=C3\NC(=O)CS3)s2)cc1. The molecule has 0 unspecified atom stereocenters. The number of thioether (sulfide) groups is 2. The summed E-state index contributed by atoms with van der Waals surface area (Å²) < 4.78 is 5.71. The Balaban J connectivity index is 1.49. The molecule has 1 aromatic heterocycles. The van der Waals surface area contributed by atoms with Gasteiger partial charge in [-0.3, -0.25) is 9.59 Å². The van der Waals surface area contributed by atoms with Gasteiger partial charge in [-0.05, 0) is 24.3 Å². The number of anilines is 1. The fraction of sp³-hybridized carbons (Fsp3) is 0.214. The number of aliphatic imine (C=N–C) groups is 1. The third kappa shape index (κ3) is 5.18. The van der Waals surface area contributed by atoms with Crippen molar-refractivity contribution in [1.82, 2.24) is 15.5 Å². The van der Waals surface area contributed by atoms with E-state index in [2.05, 4.69) is 25.8 Å². The molecule has 2 aromatic rings. The standard InChI is InChI=1S/C14H13N5O3S3/c1-22-9-4-2-8(3-5-9)15-10(20)7-24-14-19-18-13(25-14)17-12-16-11(21)6-23-12/h2-5H,6-7H2,1H3,(H,15,20)(H,16,17,18,21). The van der Waals surface area contributed by atoms with Crippen molar-refractivity contribution in [2.45, 2.75) is 4.34 Å². The van der Waals surface area contributed by atoms with E-state index in [4.69, 9.17) is 4.74 Å². The number of amidine groups is 1. The van der Waals surface area contributed by atoms with Crippen molar-refractivity contribution in [3.8, 4) is 5.75 Å². The highest BCUT2D eigenvalue weighted by Crippen LogP contribution is 2.28. The molecule has 1 aromatic carbocycles. The van der Waals surface area contributed by atoms with E-state index in [9.17, 15) is 9.59 Å². The van der Waals surface area contributed by atoms with Gasteiger partial charge in [-0.1, -0.05) is 34.9 Å². The van der Waals surface area contributed by atoms with Crippen molar-refractivity contribution >= 4 is 62.7 Å². The fourth-order valence-electron chi connectivity index (χ4n) is 1.78. The minimum absolute atomic E-state index is 0.0712. The van der Waals surface area contributed by atoms with Gasteiger partial charge in [0.2, 0.25) is 16.9 Å². The summed E-state index contributed by atoms with van der Waals surface area (Å²) >= 11 is 3.87. The van der Waals surface area contributed by atoms with Gasteiger partial charge in [-0.25, -0.2) is 0 Å². The number of carbonyl (C=O) groups excluding carboxylic acids is 2. The van der Waals surface area contributed by atoms with E-state index in [-0.39, 0.29) is 17.6 Å². The highest BCUT2D eigenvalue weighted by Gasteiger charge is 2.17. The van der Waals surface area contributed by atoms with Gasteiger partial charge in [0.1, 0.15) is 5.75 Å². The van der Waals surface area contributed by atoms with Crippen molar-refractivity contribution in [3.05, 3.63) is 24.3 Å². The summed E-state index contributed by atoms with van der Waals surface area (Å²) in [6, 6.07) is 7.10. The third-order valence-corrected chi connectivity index (χ3v) is 5.70. The second-order valence-electron chi connectivity index (χ2n) is 4.67. The van der Waals surface area contributed by atoms with Crippen LogP contribution >= 0.6 is 34.9 Å². The molecule has 0 atom stereocenters. The third-order valence-electron chi connectivity index (χ3n) is 2.88. The molecule has 0 bridgehead atoms. The Morgan fingerprint density at radius 1 is 1.40 bits per heavy atom. The van der Waals surface area contributed by atoms with Gasteiger partial charge in [-0.15, -0.1) is 10.2 Å². The van der Waals surface area contributed by atoms with Crippen molar-refractivity contribution in [3.63, 3.8) is 0 Å². The number of amides is 2. The number of nitrogens with one attached hydrogen (secondary N) is 2. The van der Waals surface area contributed by atoms with Crippen LogP contribution < -0.4 is 15.4 Å². The van der Waals surface area contributed by atoms with E-state index in [0.29, 0.717) is 26.1 Å². The summed E-state index contributed by atoms with van der Waals surface area (Å²) in [5.41, 5.74) is 0.699. The normalized spacial score (nSPS) is 15.2. The Labute approximate surface area is 155 Å². The molecule has 1 saturated heterocycles. The summed E-state index contributed by atoms with van der Waals surface area (Å²) in [5, 5.41) is 14.3. The second kappa shape index (κ2) is 8.32. The number of ether oxygens (including phenoxy) is 1. The Kier molecular flexibility index (Phi) is 5.89. The lowest BCUT2D eigenvalue weighted by Crippen LogP contribution is -2.19. The Morgan fingerprint density at radius 2 is 2.20 bits per heavy atom. The van der Waals surface area contributed by atoms with Crippen LogP contribution in [0.4, 0.5) is 10.8 Å². The average Bonchev–Trinajstić information content (AvgIpc) is 3.23. The summed E-state index contributed by atoms with van der Waals surface area (Å²) in [5.74, 6) is 1.09. The van der Waals surface area contributed by atoms with E-state index in [1.54, 1.807) is 31.4 Å². The molecular weight excluding hydrogens is 382 g/mol. The molecule has 130 valence electrons. The maximum absolute atomic E-state index is 12.0. The lowest BCUT2D eigenvalue weighted by molar-refractivity contribution is -0.117. The highest BCUT2D eigenvalue weighted by molar-refractivity contribution is 8.15. The zero-order valence-electron chi connectivity index (χ0n) is 13.0. The molecule has 0 radical (unpaired) electrons. The predicted octanol–water partition coefficient (Wildman–Crippen LogP) is 2.13. The molecule has 0 aliphatic carbocycles. The lowest BCUT2D eigenvalue weighted by atomic mass is 10.3. The van der Waals surface area contributed by atoms with Gasteiger partial charge in [0.15, 0.2) is 9.51 Å². The molecule has 1 fully saturated rings. The van der Waals surface area contributed by atoms with E-state index in [1.807, 2.05) is 0 Å². The maximum Gasteiger partial charge on any atom is 0.236 e. The van der Waals surface area contributed by atoms with Crippen LogP contribution in [0.25, 0.3) is 0 Å². The molecular formula is C14H13N5O3S3. The van der Waals surface area contributed by atoms with Gasteiger partial charge >= 0.3 is 0 Å². The van der Waals surface area contributed by atoms with Crippen molar-refractivity contribution in [2.24, 2.45) is 4.99 Å². The molecule has 1 aliphatic rings. The first-order valence-corrected chi connectivity index (χ1v) is 9.83. The largest absolute Gasteiger partial charge is 0.497 e. The van der Waals surface area contributed by atoms with E-state index >= 15 is 0 Å². The quantitative estimate of drug-likeness (QED) is 0.722. The summed E-state index contributed by atoms with van der Waals surface area (Å²) in [7, 11) is 1.59. The Morgan fingerprint density at radius 3 is 2.88 bits per heavy atom. The van der Waals surface area contributed by atoms with Gasteiger partial charge < -0.3 is 15.4 Å². The van der Waals surface area contributed by atoms with Crippen molar-refractivity contribution < 1.29 is 14.3 Å². The summed E-state index contributed by atoms with van der Waals surface area (Å²) in [6.07, 6.45) is 0. The molecule has 3 rings (SSSR count). The number of rotatable bonds is 6. The number of methoxy groups -OCH3 is 1.